The summed E-state index contributed by atoms with van der Waals surface area (Å²) < 4.78 is 5.73. The lowest BCUT2D eigenvalue weighted by Gasteiger charge is -2.28. The van der Waals surface area contributed by atoms with Gasteiger partial charge >= 0.3 is 0 Å². The molecule has 2 rings (SSSR count). The minimum absolute atomic E-state index is 0.137. The number of benzene rings is 2. The van der Waals surface area contributed by atoms with Gasteiger partial charge in [0.25, 0.3) is 5.91 Å². The molecule has 0 bridgehead atoms. The molecule has 1 atom stereocenters. The van der Waals surface area contributed by atoms with Gasteiger partial charge in [-0.15, -0.1) is 0 Å². The lowest BCUT2D eigenvalue weighted by molar-refractivity contribution is -0.142. The molecular formula is C23H29ClN2O3. The number of carbonyl (C=O) groups is 2. The summed E-state index contributed by atoms with van der Waals surface area (Å²) in [5.41, 5.74) is 3.03. The summed E-state index contributed by atoms with van der Waals surface area (Å²) in [5.74, 6) is 0.212. The Morgan fingerprint density at radius 2 is 1.72 bits per heavy atom. The second-order valence-corrected chi connectivity index (χ2v) is 7.66. The van der Waals surface area contributed by atoms with Crippen LogP contribution in [0.25, 0.3) is 0 Å². The van der Waals surface area contributed by atoms with Gasteiger partial charge in [0.15, 0.2) is 6.61 Å². The van der Waals surface area contributed by atoms with Crippen LogP contribution in [0, 0.1) is 13.8 Å². The Hall–Kier alpha value is -2.53. The molecule has 2 aromatic carbocycles. The van der Waals surface area contributed by atoms with E-state index in [4.69, 9.17) is 16.3 Å². The van der Waals surface area contributed by atoms with E-state index < -0.39 is 6.04 Å². The molecule has 0 aromatic heterocycles. The number of aryl methyl sites for hydroxylation is 2. The quantitative estimate of drug-likeness (QED) is 0.663. The van der Waals surface area contributed by atoms with Crippen molar-refractivity contribution in [1.82, 2.24) is 10.2 Å². The van der Waals surface area contributed by atoms with Gasteiger partial charge in [-0.3, -0.25) is 9.59 Å². The van der Waals surface area contributed by atoms with Gasteiger partial charge in [-0.2, -0.15) is 0 Å². The zero-order valence-corrected chi connectivity index (χ0v) is 18.3. The molecule has 0 spiro atoms. The molecule has 0 saturated heterocycles. The van der Waals surface area contributed by atoms with Crippen molar-refractivity contribution in [1.29, 1.82) is 0 Å². The number of amides is 2. The van der Waals surface area contributed by atoms with E-state index in [-0.39, 0.29) is 18.4 Å². The highest BCUT2D eigenvalue weighted by Crippen LogP contribution is 2.17. The van der Waals surface area contributed by atoms with Crippen molar-refractivity contribution in [3.05, 3.63) is 64.2 Å². The molecule has 0 heterocycles. The molecule has 2 aromatic rings. The number of hydrogen-bond donors (Lipinski definition) is 1. The molecular weight excluding hydrogens is 388 g/mol. The van der Waals surface area contributed by atoms with Gasteiger partial charge in [0.2, 0.25) is 5.91 Å². The molecule has 0 unspecified atom stereocenters. The first-order valence-electron chi connectivity index (χ1n) is 9.83. The van der Waals surface area contributed by atoms with Crippen molar-refractivity contribution in [2.45, 2.75) is 46.7 Å². The van der Waals surface area contributed by atoms with Gasteiger partial charge in [-0.1, -0.05) is 36.7 Å². The maximum Gasteiger partial charge on any atom is 0.261 e. The second-order valence-electron chi connectivity index (χ2n) is 7.23. The average molecular weight is 417 g/mol. The Balaban J connectivity index is 2.14. The van der Waals surface area contributed by atoms with Crippen LogP contribution in [-0.2, 0) is 16.1 Å². The summed E-state index contributed by atoms with van der Waals surface area (Å²) in [6.45, 7) is 8.41. The molecule has 2 amide bonds. The fourth-order valence-electron chi connectivity index (χ4n) is 3.01. The van der Waals surface area contributed by atoms with Crippen molar-refractivity contribution in [3.63, 3.8) is 0 Å². The summed E-state index contributed by atoms with van der Waals surface area (Å²) in [6, 6.07) is 12.5. The number of rotatable bonds is 9. The van der Waals surface area contributed by atoms with Gasteiger partial charge in [-0.25, -0.2) is 0 Å². The van der Waals surface area contributed by atoms with Crippen LogP contribution in [0.15, 0.2) is 42.5 Å². The first-order chi connectivity index (χ1) is 13.8. The highest BCUT2D eigenvalue weighted by Gasteiger charge is 2.26. The number of nitrogens with one attached hydrogen (secondary N) is 1. The predicted octanol–water partition coefficient (Wildman–Crippen LogP) is 4.28. The van der Waals surface area contributed by atoms with Crippen LogP contribution < -0.4 is 10.1 Å². The molecule has 0 aliphatic rings. The van der Waals surface area contributed by atoms with Crippen LogP contribution in [0.4, 0.5) is 0 Å². The topological polar surface area (TPSA) is 58.6 Å². The summed E-state index contributed by atoms with van der Waals surface area (Å²) in [6.07, 6.45) is 0.833. The Kier molecular flexibility index (Phi) is 8.52. The first-order valence-corrected chi connectivity index (χ1v) is 10.2. The van der Waals surface area contributed by atoms with Gasteiger partial charge in [0.05, 0.1) is 0 Å². The first kappa shape index (κ1) is 22.8. The monoisotopic (exact) mass is 416 g/mol. The molecule has 29 heavy (non-hydrogen) atoms. The lowest BCUT2D eigenvalue weighted by atomic mass is 10.1. The SMILES string of the molecule is CCCNC(=O)[C@H](C)N(Cc1ccc(Cl)cc1)C(=O)COc1cc(C)cc(C)c1. The van der Waals surface area contributed by atoms with Crippen molar-refractivity contribution >= 4 is 23.4 Å². The minimum Gasteiger partial charge on any atom is -0.484 e. The zero-order chi connectivity index (χ0) is 21.4. The van der Waals surface area contributed by atoms with Crippen molar-refractivity contribution < 1.29 is 14.3 Å². The molecule has 6 heteroatoms. The minimum atomic E-state index is -0.618. The summed E-state index contributed by atoms with van der Waals surface area (Å²) in [4.78, 5) is 27.0. The number of nitrogens with zero attached hydrogens (tertiary/aromatic N) is 1. The third kappa shape index (κ3) is 7.09. The Labute approximate surface area is 178 Å². The van der Waals surface area contributed by atoms with E-state index >= 15 is 0 Å². The van der Waals surface area contributed by atoms with E-state index in [1.807, 2.05) is 51.1 Å². The normalized spacial score (nSPS) is 11.6. The molecule has 0 aliphatic heterocycles. The lowest BCUT2D eigenvalue weighted by Crippen LogP contribution is -2.49. The number of carbonyl (C=O) groups excluding carboxylic acids is 2. The molecule has 0 fully saturated rings. The molecule has 0 aliphatic carbocycles. The Morgan fingerprint density at radius 1 is 1.10 bits per heavy atom. The fourth-order valence-corrected chi connectivity index (χ4v) is 3.14. The average Bonchev–Trinajstić information content (AvgIpc) is 2.68. The third-order valence-corrected chi connectivity index (χ3v) is 4.79. The van der Waals surface area contributed by atoms with E-state index in [2.05, 4.69) is 5.32 Å². The second kappa shape index (κ2) is 10.9. The smallest absolute Gasteiger partial charge is 0.261 e. The Morgan fingerprint density at radius 3 is 2.31 bits per heavy atom. The standard InChI is InChI=1S/C23H29ClN2O3/c1-5-10-25-23(28)18(4)26(14-19-6-8-20(24)9-7-19)22(27)15-29-21-12-16(2)11-17(3)13-21/h6-9,11-13,18H,5,10,14-15H2,1-4H3,(H,25,28)/t18-/m0/s1. The van der Waals surface area contributed by atoms with E-state index in [0.29, 0.717) is 23.9 Å². The fraction of sp³-hybridized carbons (Fsp3) is 0.391. The predicted molar refractivity (Wildman–Crippen MR) is 116 cm³/mol. The van der Waals surface area contributed by atoms with E-state index in [1.165, 1.54) is 4.90 Å². The van der Waals surface area contributed by atoms with Crippen molar-refractivity contribution in [3.8, 4) is 5.75 Å². The van der Waals surface area contributed by atoms with Gasteiger partial charge < -0.3 is 15.0 Å². The van der Waals surface area contributed by atoms with Gasteiger partial charge in [0.1, 0.15) is 11.8 Å². The zero-order valence-electron chi connectivity index (χ0n) is 17.5. The summed E-state index contributed by atoms with van der Waals surface area (Å²) in [5, 5.41) is 3.48. The van der Waals surface area contributed by atoms with E-state index in [1.54, 1.807) is 19.1 Å². The van der Waals surface area contributed by atoms with E-state index in [0.717, 1.165) is 23.1 Å². The van der Waals surface area contributed by atoms with Crippen LogP contribution in [-0.4, -0.2) is 35.9 Å². The largest absolute Gasteiger partial charge is 0.484 e. The van der Waals surface area contributed by atoms with Crippen molar-refractivity contribution in [2.75, 3.05) is 13.2 Å². The molecule has 1 N–H and O–H groups in total. The maximum absolute atomic E-state index is 13.0. The van der Waals surface area contributed by atoms with E-state index in [9.17, 15) is 9.59 Å². The van der Waals surface area contributed by atoms with Crippen LogP contribution in [0.2, 0.25) is 5.02 Å². The maximum atomic E-state index is 13.0. The highest BCUT2D eigenvalue weighted by molar-refractivity contribution is 6.30. The third-order valence-electron chi connectivity index (χ3n) is 4.54. The molecule has 5 nitrogen and oxygen atoms in total. The van der Waals surface area contributed by atoms with Crippen molar-refractivity contribution in [2.24, 2.45) is 0 Å². The summed E-state index contributed by atoms with van der Waals surface area (Å²) >= 11 is 5.96. The number of halogens is 1. The highest BCUT2D eigenvalue weighted by atomic mass is 35.5. The molecule has 0 radical (unpaired) electrons. The van der Waals surface area contributed by atoms with Crippen LogP contribution in [0.1, 0.15) is 37.0 Å². The van der Waals surface area contributed by atoms with Gasteiger partial charge in [-0.05, 0) is 68.1 Å². The Bertz CT molecular complexity index is 816. The van der Waals surface area contributed by atoms with Crippen LogP contribution in [0.5, 0.6) is 5.75 Å². The molecule has 156 valence electrons. The van der Waals surface area contributed by atoms with Gasteiger partial charge in [0, 0.05) is 18.1 Å². The summed E-state index contributed by atoms with van der Waals surface area (Å²) in [7, 11) is 0. The van der Waals surface area contributed by atoms with Crippen LogP contribution >= 0.6 is 11.6 Å². The van der Waals surface area contributed by atoms with Crippen LogP contribution in [0.3, 0.4) is 0 Å². The number of ether oxygens (including phenoxy) is 1. The number of hydrogen-bond acceptors (Lipinski definition) is 3. The molecule has 0 saturated carbocycles.